The Kier molecular flexibility index (Phi) is 9.56. The first-order valence-electron chi connectivity index (χ1n) is 12.7. The van der Waals surface area contributed by atoms with E-state index in [2.05, 4.69) is 22.5 Å². The van der Waals surface area contributed by atoms with Gasteiger partial charge in [-0.05, 0) is 85.4 Å². The summed E-state index contributed by atoms with van der Waals surface area (Å²) in [5.74, 6) is 0.383. The molecule has 0 aromatic heterocycles. The standard InChI is InChI=1S/C29H31ClN4O3S/c1-2-3-19-37-26-6-4-5-22(20-26)27(35)32-29(38)31-24-11-13-25(14-12-24)33-15-17-34(18-16-33)28(36)21-7-9-23(30)10-8-21/h4-14,20H,2-3,15-19H2,1H3,(H2,31,32,35,38). The number of nitrogens with zero attached hydrogens (tertiary/aromatic N) is 2. The molecule has 3 aromatic rings. The maximum Gasteiger partial charge on any atom is 0.257 e. The van der Waals surface area contributed by atoms with Gasteiger partial charge in [-0.2, -0.15) is 0 Å². The number of benzene rings is 3. The number of carbonyl (C=O) groups is 2. The molecule has 1 fully saturated rings. The summed E-state index contributed by atoms with van der Waals surface area (Å²) < 4.78 is 5.68. The van der Waals surface area contributed by atoms with Gasteiger partial charge in [0.1, 0.15) is 5.75 Å². The van der Waals surface area contributed by atoms with Crippen molar-refractivity contribution in [2.45, 2.75) is 19.8 Å². The molecule has 0 spiro atoms. The molecule has 3 aromatic carbocycles. The topological polar surface area (TPSA) is 73.9 Å². The van der Waals surface area contributed by atoms with E-state index in [-0.39, 0.29) is 16.9 Å². The van der Waals surface area contributed by atoms with Crippen molar-refractivity contribution in [1.29, 1.82) is 0 Å². The average molecular weight is 551 g/mol. The molecule has 0 bridgehead atoms. The number of halogens is 1. The zero-order valence-electron chi connectivity index (χ0n) is 21.3. The molecular weight excluding hydrogens is 520 g/mol. The molecule has 4 rings (SSSR count). The predicted molar refractivity (Wildman–Crippen MR) is 157 cm³/mol. The van der Waals surface area contributed by atoms with Crippen LogP contribution in [0, 0.1) is 0 Å². The van der Waals surface area contributed by atoms with Crippen molar-refractivity contribution >= 4 is 52.1 Å². The van der Waals surface area contributed by atoms with Gasteiger partial charge in [0.25, 0.3) is 11.8 Å². The molecule has 0 saturated carbocycles. The van der Waals surface area contributed by atoms with E-state index < -0.39 is 0 Å². The van der Waals surface area contributed by atoms with Crippen molar-refractivity contribution in [1.82, 2.24) is 10.2 Å². The third-order valence-electron chi connectivity index (χ3n) is 6.24. The zero-order chi connectivity index (χ0) is 26.9. The molecular formula is C29H31ClN4O3S. The third-order valence-corrected chi connectivity index (χ3v) is 6.69. The van der Waals surface area contributed by atoms with E-state index in [4.69, 9.17) is 28.6 Å². The minimum Gasteiger partial charge on any atom is -0.494 e. The summed E-state index contributed by atoms with van der Waals surface area (Å²) in [7, 11) is 0. The second-order valence-corrected chi connectivity index (χ2v) is 9.82. The highest BCUT2D eigenvalue weighted by Gasteiger charge is 2.22. The Morgan fingerprint density at radius 2 is 1.66 bits per heavy atom. The average Bonchev–Trinajstić information content (AvgIpc) is 2.94. The van der Waals surface area contributed by atoms with Crippen molar-refractivity contribution in [2.24, 2.45) is 0 Å². The molecule has 0 radical (unpaired) electrons. The van der Waals surface area contributed by atoms with Crippen LogP contribution in [0.5, 0.6) is 5.75 Å². The predicted octanol–water partition coefficient (Wildman–Crippen LogP) is 5.61. The number of piperazine rings is 1. The highest BCUT2D eigenvalue weighted by molar-refractivity contribution is 7.80. The van der Waals surface area contributed by atoms with Gasteiger partial charge in [-0.1, -0.05) is 31.0 Å². The number of ether oxygens (including phenoxy) is 1. The van der Waals surface area contributed by atoms with Crippen LogP contribution < -0.4 is 20.3 Å². The van der Waals surface area contributed by atoms with Gasteiger partial charge in [-0.25, -0.2) is 0 Å². The fraction of sp³-hybridized carbons (Fsp3) is 0.276. The summed E-state index contributed by atoms with van der Waals surface area (Å²) in [6.07, 6.45) is 2.01. The minimum absolute atomic E-state index is 0.0205. The number of carbonyl (C=O) groups excluding carboxylic acids is 2. The maximum absolute atomic E-state index is 12.7. The SMILES string of the molecule is CCCCOc1cccc(C(=O)NC(=S)Nc2ccc(N3CCN(C(=O)c4ccc(Cl)cc4)CC3)cc2)c1. The Bertz CT molecular complexity index is 1260. The van der Waals surface area contributed by atoms with Crippen LogP contribution in [-0.2, 0) is 0 Å². The van der Waals surface area contributed by atoms with E-state index in [9.17, 15) is 9.59 Å². The third kappa shape index (κ3) is 7.46. The van der Waals surface area contributed by atoms with Gasteiger partial charge in [-0.3, -0.25) is 14.9 Å². The van der Waals surface area contributed by atoms with Gasteiger partial charge in [-0.15, -0.1) is 0 Å². The largest absolute Gasteiger partial charge is 0.494 e. The molecule has 1 aliphatic heterocycles. The molecule has 0 aliphatic carbocycles. The van der Waals surface area contributed by atoms with Crippen LogP contribution in [0.3, 0.4) is 0 Å². The van der Waals surface area contributed by atoms with E-state index in [0.717, 1.165) is 37.3 Å². The molecule has 1 aliphatic rings. The number of hydrogen-bond acceptors (Lipinski definition) is 5. The van der Waals surface area contributed by atoms with E-state index >= 15 is 0 Å². The van der Waals surface area contributed by atoms with Crippen molar-refractivity contribution in [3.8, 4) is 5.75 Å². The molecule has 1 saturated heterocycles. The first-order valence-corrected chi connectivity index (χ1v) is 13.5. The molecule has 2 amide bonds. The summed E-state index contributed by atoms with van der Waals surface area (Å²) in [5.41, 5.74) is 2.96. The van der Waals surface area contributed by atoms with Crippen molar-refractivity contribution < 1.29 is 14.3 Å². The van der Waals surface area contributed by atoms with E-state index in [1.165, 1.54) is 0 Å². The summed E-state index contributed by atoms with van der Waals surface area (Å²) in [5, 5.41) is 6.61. The number of amides is 2. The molecule has 9 heteroatoms. The smallest absolute Gasteiger partial charge is 0.257 e. The first-order chi connectivity index (χ1) is 18.4. The van der Waals surface area contributed by atoms with Crippen LogP contribution in [0.4, 0.5) is 11.4 Å². The number of anilines is 2. The Hall–Kier alpha value is -3.62. The first kappa shape index (κ1) is 27.4. The summed E-state index contributed by atoms with van der Waals surface area (Å²) in [6.45, 7) is 5.48. The molecule has 0 unspecified atom stereocenters. The second-order valence-electron chi connectivity index (χ2n) is 8.97. The Balaban J connectivity index is 1.25. The van der Waals surface area contributed by atoms with Crippen LogP contribution in [0.15, 0.2) is 72.8 Å². The lowest BCUT2D eigenvalue weighted by molar-refractivity contribution is 0.0746. The van der Waals surface area contributed by atoms with Gasteiger partial charge < -0.3 is 19.9 Å². The van der Waals surface area contributed by atoms with Crippen molar-refractivity contribution in [3.63, 3.8) is 0 Å². The van der Waals surface area contributed by atoms with Gasteiger partial charge in [0, 0.05) is 53.7 Å². The molecule has 38 heavy (non-hydrogen) atoms. The van der Waals surface area contributed by atoms with Gasteiger partial charge >= 0.3 is 0 Å². The Morgan fingerprint density at radius 3 is 2.34 bits per heavy atom. The van der Waals surface area contributed by atoms with Crippen molar-refractivity contribution in [3.05, 3.63) is 88.9 Å². The van der Waals surface area contributed by atoms with Crippen LogP contribution in [0.25, 0.3) is 0 Å². The van der Waals surface area contributed by atoms with Crippen LogP contribution in [0.2, 0.25) is 5.02 Å². The van der Waals surface area contributed by atoms with E-state index in [1.807, 2.05) is 35.2 Å². The zero-order valence-corrected chi connectivity index (χ0v) is 22.9. The summed E-state index contributed by atoms with van der Waals surface area (Å²) in [4.78, 5) is 29.5. The number of nitrogens with one attached hydrogen (secondary N) is 2. The Morgan fingerprint density at radius 1 is 0.947 bits per heavy atom. The lowest BCUT2D eigenvalue weighted by Gasteiger charge is -2.36. The highest BCUT2D eigenvalue weighted by atomic mass is 35.5. The normalized spacial score (nSPS) is 13.1. The van der Waals surface area contributed by atoms with Gasteiger partial charge in [0.2, 0.25) is 0 Å². The summed E-state index contributed by atoms with van der Waals surface area (Å²) in [6, 6.07) is 21.9. The monoisotopic (exact) mass is 550 g/mol. The molecule has 0 atom stereocenters. The van der Waals surface area contributed by atoms with E-state index in [1.54, 1.807) is 42.5 Å². The lowest BCUT2D eigenvalue weighted by Crippen LogP contribution is -2.48. The fourth-order valence-electron chi connectivity index (χ4n) is 4.10. The van der Waals surface area contributed by atoms with E-state index in [0.29, 0.717) is 41.6 Å². The minimum atomic E-state index is -0.300. The molecule has 7 nitrogen and oxygen atoms in total. The quantitative estimate of drug-likeness (QED) is 0.281. The number of hydrogen-bond donors (Lipinski definition) is 2. The highest BCUT2D eigenvalue weighted by Crippen LogP contribution is 2.21. The second kappa shape index (κ2) is 13.3. The summed E-state index contributed by atoms with van der Waals surface area (Å²) >= 11 is 11.3. The van der Waals surface area contributed by atoms with Crippen LogP contribution >= 0.6 is 23.8 Å². The lowest BCUT2D eigenvalue weighted by atomic mass is 10.1. The number of rotatable bonds is 8. The van der Waals surface area contributed by atoms with Crippen LogP contribution in [-0.4, -0.2) is 54.6 Å². The van der Waals surface area contributed by atoms with Crippen molar-refractivity contribution in [2.75, 3.05) is 43.0 Å². The molecule has 198 valence electrons. The number of unbranched alkanes of at least 4 members (excludes halogenated alkanes) is 1. The van der Waals surface area contributed by atoms with Gasteiger partial charge in [0.05, 0.1) is 6.61 Å². The van der Waals surface area contributed by atoms with Crippen LogP contribution in [0.1, 0.15) is 40.5 Å². The maximum atomic E-state index is 12.7. The molecule has 2 N–H and O–H groups in total. The fourth-order valence-corrected chi connectivity index (χ4v) is 4.43. The Labute approximate surface area is 233 Å². The molecule has 1 heterocycles. The van der Waals surface area contributed by atoms with Gasteiger partial charge in [0.15, 0.2) is 5.11 Å². The number of thiocarbonyl (C=S) groups is 1.